The maximum atomic E-state index is 3.66. The molecule has 0 spiro atoms. The minimum Gasteiger partial charge on any atom is -0.311 e. The molecule has 1 aromatic rings. The Kier molecular flexibility index (Phi) is 2.94. The molecule has 1 saturated carbocycles. The van der Waals surface area contributed by atoms with Crippen LogP contribution in [0.4, 0.5) is 0 Å². The second kappa shape index (κ2) is 4.56. The Balaban J connectivity index is 1.70. The Morgan fingerprint density at radius 1 is 1.19 bits per heavy atom. The van der Waals surface area contributed by atoms with Gasteiger partial charge in [-0.05, 0) is 18.4 Å². The summed E-state index contributed by atoms with van der Waals surface area (Å²) in [5, 5.41) is 3.66. The molecule has 3 rings (SSSR count). The maximum Gasteiger partial charge on any atom is 0.0253 e. The van der Waals surface area contributed by atoms with Crippen LogP contribution in [0, 0.1) is 0 Å². The summed E-state index contributed by atoms with van der Waals surface area (Å²) >= 11 is 0. The number of nitrogens with one attached hydrogen (secondary N) is 1. The number of benzene rings is 1. The van der Waals surface area contributed by atoms with Crippen LogP contribution in [0.15, 0.2) is 30.3 Å². The van der Waals surface area contributed by atoms with E-state index in [9.17, 15) is 0 Å². The molecule has 2 heteroatoms. The first-order valence-electron chi connectivity index (χ1n) is 6.45. The first-order valence-corrected chi connectivity index (χ1v) is 6.45. The lowest BCUT2D eigenvalue weighted by Gasteiger charge is -2.38. The molecule has 1 heterocycles. The Bertz CT molecular complexity index is 336. The smallest absolute Gasteiger partial charge is 0.0253 e. The van der Waals surface area contributed by atoms with Gasteiger partial charge in [0.1, 0.15) is 0 Å². The molecule has 0 amide bonds. The molecule has 2 aliphatic rings. The van der Waals surface area contributed by atoms with E-state index in [1.54, 1.807) is 0 Å². The average Bonchev–Trinajstić information content (AvgIpc) is 2.80. The van der Waals surface area contributed by atoms with Crippen molar-refractivity contribution in [3.63, 3.8) is 0 Å². The largest absolute Gasteiger partial charge is 0.311 e. The van der Waals surface area contributed by atoms with Crippen LogP contribution in [-0.4, -0.2) is 30.1 Å². The summed E-state index contributed by atoms with van der Waals surface area (Å²) in [6.07, 6.45) is 4.15. The normalized spacial score (nSPS) is 30.2. The number of fused-ring (bicyclic) bond motifs is 1. The molecule has 0 radical (unpaired) electrons. The van der Waals surface area contributed by atoms with Crippen LogP contribution in [0.25, 0.3) is 0 Å². The highest BCUT2D eigenvalue weighted by atomic mass is 15.2. The first-order chi connectivity index (χ1) is 7.93. The fourth-order valence-electron chi connectivity index (χ4n) is 3.19. The van der Waals surface area contributed by atoms with Gasteiger partial charge in [-0.1, -0.05) is 36.8 Å². The maximum absolute atomic E-state index is 3.66. The molecular formula is C14H20N2. The van der Waals surface area contributed by atoms with Crippen LogP contribution in [0.1, 0.15) is 24.8 Å². The summed E-state index contributed by atoms with van der Waals surface area (Å²) in [5.41, 5.74) is 1.45. The van der Waals surface area contributed by atoms with Crippen molar-refractivity contribution in [1.29, 1.82) is 0 Å². The van der Waals surface area contributed by atoms with E-state index in [4.69, 9.17) is 0 Å². The molecule has 1 aliphatic heterocycles. The summed E-state index contributed by atoms with van der Waals surface area (Å²) in [5.74, 6) is 0. The van der Waals surface area contributed by atoms with Crippen LogP contribution >= 0.6 is 0 Å². The summed E-state index contributed by atoms with van der Waals surface area (Å²) in [6.45, 7) is 3.49. The molecule has 0 unspecified atom stereocenters. The molecule has 0 aromatic heterocycles. The van der Waals surface area contributed by atoms with Crippen molar-refractivity contribution < 1.29 is 0 Å². The zero-order chi connectivity index (χ0) is 10.8. The lowest BCUT2D eigenvalue weighted by Crippen LogP contribution is -2.54. The molecule has 2 atom stereocenters. The highest BCUT2D eigenvalue weighted by Crippen LogP contribution is 2.27. The van der Waals surface area contributed by atoms with Crippen molar-refractivity contribution in [2.45, 2.75) is 37.9 Å². The van der Waals surface area contributed by atoms with Gasteiger partial charge >= 0.3 is 0 Å². The van der Waals surface area contributed by atoms with Gasteiger partial charge < -0.3 is 5.32 Å². The molecule has 1 saturated heterocycles. The average molecular weight is 216 g/mol. The topological polar surface area (TPSA) is 15.3 Å². The van der Waals surface area contributed by atoms with E-state index in [1.165, 1.54) is 31.4 Å². The summed E-state index contributed by atoms with van der Waals surface area (Å²) in [4.78, 5) is 2.67. The second-order valence-corrected chi connectivity index (χ2v) is 5.01. The number of nitrogens with zero attached hydrogens (tertiary/aromatic N) is 1. The van der Waals surface area contributed by atoms with E-state index in [0.717, 1.165) is 25.2 Å². The van der Waals surface area contributed by atoms with Crippen LogP contribution in [0.3, 0.4) is 0 Å². The van der Waals surface area contributed by atoms with Crippen molar-refractivity contribution >= 4 is 0 Å². The van der Waals surface area contributed by atoms with Crippen LogP contribution in [0.2, 0.25) is 0 Å². The van der Waals surface area contributed by atoms with E-state index in [2.05, 4.69) is 40.5 Å². The van der Waals surface area contributed by atoms with Gasteiger partial charge in [0.25, 0.3) is 0 Å². The molecule has 2 nitrogen and oxygen atoms in total. The zero-order valence-electron chi connectivity index (χ0n) is 9.73. The zero-order valence-corrected chi connectivity index (χ0v) is 9.73. The van der Waals surface area contributed by atoms with E-state index in [0.29, 0.717) is 0 Å². The molecule has 1 aliphatic carbocycles. The SMILES string of the molecule is c1ccc(CN2CCN[C@@H]3CCC[C@H]32)cc1. The molecule has 1 N–H and O–H groups in total. The quantitative estimate of drug-likeness (QED) is 0.813. The summed E-state index contributed by atoms with van der Waals surface area (Å²) < 4.78 is 0. The van der Waals surface area contributed by atoms with Crippen molar-refractivity contribution in [2.75, 3.05) is 13.1 Å². The molecule has 86 valence electrons. The highest BCUT2D eigenvalue weighted by molar-refractivity contribution is 5.15. The third-order valence-electron chi connectivity index (χ3n) is 3.98. The predicted octanol–water partition coefficient (Wildman–Crippen LogP) is 2.01. The van der Waals surface area contributed by atoms with Crippen molar-refractivity contribution in [2.24, 2.45) is 0 Å². The van der Waals surface area contributed by atoms with Gasteiger partial charge in [-0.15, -0.1) is 0 Å². The molecule has 16 heavy (non-hydrogen) atoms. The number of rotatable bonds is 2. The molecule has 0 bridgehead atoms. The van der Waals surface area contributed by atoms with Gasteiger partial charge in [0.2, 0.25) is 0 Å². The first kappa shape index (κ1) is 10.3. The minimum atomic E-state index is 0.762. The van der Waals surface area contributed by atoms with Crippen LogP contribution in [-0.2, 0) is 6.54 Å². The lowest BCUT2D eigenvalue weighted by atomic mass is 10.1. The Morgan fingerprint density at radius 2 is 2.06 bits per heavy atom. The Morgan fingerprint density at radius 3 is 2.94 bits per heavy atom. The highest BCUT2D eigenvalue weighted by Gasteiger charge is 2.34. The van der Waals surface area contributed by atoms with E-state index in [1.807, 2.05) is 0 Å². The lowest BCUT2D eigenvalue weighted by molar-refractivity contribution is 0.129. The van der Waals surface area contributed by atoms with Crippen LogP contribution in [0.5, 0.6) is 0 Å². The van der Waals surface area contributed by atoms with Crippen LogP contribution < -0.4 is 5.32 Å². The van der Waals surface area contributed by atoms with Gasteiger partial charge in [0.05, 0.1) is 0 Å². The van der Waals surface area contributed by atoms with Crippen molar-refractivity contribution in [3.05, 3.63) is 35.9 Å². The van der Waals surface area contributed by atoms with E-state index < -0.39 is 0 Å². The summed E-state index contributed by atoms with van der Waals surface area (Å²) in [6, 6.07) is 12.4. The third kappa shape index (κ3) is 2.00. The van der Waals surface area contributed by atoms with Crippen molar-refractivity contribution in [3.8, 4) is 0 Å². The predicted molar refractivity (Wildman–Crippen MR) is 66.3 cm³/mol. The Labute approximate surface area is 97.6 Å². The third-order valence-corrected chi connectivity index (χ3v) is 3.98. The van der Waals surface area contributed by atoms with Gasteiger partial charge in [0, 0.05) is 31.7 Å². The van der Waals surface area contributed by atoms with Gasteiger partial charge in [-0.25, -0.2) is 0 Å². The van der Waals surface area contributed by atoms with E-state index >= 15 is 0 Å². The van der Waals surface area contributed by atoms with Gasteiger partial charge in [-0.3, -0.25) is 4.90 Å². The second-order valence-electron chi connectivity index (χ2n) is 5.01. The standard InChI is InChI=1S/C14H20N2/c1-2-5-12(6-3-1)11-16-10-9-15-13-7-4-8-14(13)16/h1-3,5-6,13-15H,4,7-11H2/t13-,14-/m1/s1. The molecular weight excluding hydrogens is 196 g/mol. The molecule has 1 aromatic carbocycles. The van der Waals surface area contributed by atoms with Gasteiger partial charge in [0.15, 0.2) is 0 Å². The summed E-state index contributed by atoms with van der Waals surface area (Å²) in [7, 11) is 0. The van der Waals surface area contributed by atoms with E-state index in [-0.39, 0.29) is 0 Å². The number of piperazine rings is 1. The monoisotopic (exact) mass is 216 g/mol. The van der Waals surface area contributed by atoms with Crippen molar-refractivity contribution in [1.82, 2.24) is 10.2 Å². The number of hydrogen-bond donors (Lipinski definition) is 1. The molecule has 2 fully saturated rings. The fraction of sp³-hybridized carbons (Fsp3) is 0.571. The van der Waals surface area contributed by atoms with Gasteiger partial charge in [-0.2, -0.15) is 0 Å². The Hall–Kier alpha value is -0.860. The minimum absolute atomic E-state index is 0.762. The number of hydrogen-bond acceptors (Lipinski definition) is 2. The fourth-order valence-corrected chi connectivity index (χ4v) is 3.19.